The fourth-order valence-corrected chi connectivity index (χ4v) is 4.52. The highest BCUT2D eigenvalue weighted by Crippen LogP contribution is 2.32. The predicted molar refractivity (Wildman–Crippen MR) is 112 cm³/mol. The summed E-state index contributed by atoms with van der Waals surface area (Å²) in [5, 5.41) is 9.55. The van der Waals surface area contributed by atoms with Gasteiger partial charge in [-0.25, -0.2) is 4.98 Å². The largest absolute Gasteiger partial charge is 0.497 e. The van der Waals surface area contributed by atoms with Crippen LogP contribution in [0.3, 0.4) is 0 Å². The van der Waals surface area contributed by atoms with E-state index in [0.29, 0.717) is 23.7 Å². The van der Waals surface area contributed by atoms with Crippen LogP contribution in [0.2, 0.25) is 0 Å². The molecule has 9 heteroatoms. The normalized spacial score (nSPS) is 13.5. The Labute approximate surface area is 177 Å². The lowest BCUT2D eigenvalue weighted by atomic mass is 10.2. The minimum Gasteiger partial charge on any atom is -0.497 e. The van der Waals surface area contributed by atoms with Crippen LogP contribution in [0, 0.1) is 13.8 Å². The second-order valence-corrected chi connectivity index (χ2v) is 9.04. The number of nitrogens with zero attached hydrogens (tertiary/aromatic N) is 4. The number of aromatic nitrogens is 3. The zero-order valence-electron chi connectivity index (χ0n) is 16.5. The van der Waals surface area contributed by atoms with Crippen molar-refractivity contribution in [2.24, 2.45) is 0 Å². The van der Waals surface area contributed by atoms with Gasteiger partial charge in [-0.3, -0.25) is 4.79 Å². The zero-order chi connectivity index (χ0) is 20.4. The van der Waals surface area contributed by atoms with Crippen LogP contribution in [-0.4, -0.2) is 44.9 Å². The number of hydrogen-bond acceptors (Lipinski definition) is 8. The molecule has 152 valence electrons. The molecule has 0 saturated heterocycles. The summed E-state index contributed by atoms with van der Waals surface area (Å²) in [6, 6.07) is 8.16. The molecule has 1 aromatic carbocycles. The van der Waals surface area contributed by atoms with Gasteiger partial charge < -0.3 is 14.1 Å². The average Bonchev–Trinajstić information content (AvgIpc) is 3.35. The van der Waals surface area contributed by atoms with Gasteiger partial charge in [-0.05, 0) is 44.4 Å². The monoisotopic (exact) mass is 430 g/mol. The van der Waals surface area contributed by atoms with Gasteiger partial charge in [0.2, 0.25) is 5.91 Å². The molecule has 2 heterocycles. The van der Waals surface area contributed by atoms with E-state index in [2.05, 4.69) is 15.2 Å². The van der Waals surface area contributed by atoms with Gasteiger partial charge >= 0.3 is 0 Å². The number of methoxy groups -OCH3 is 1. The Hall–Kier alpha value is -2.39. The molecule has 3 aromatic rings. The first-order valence-corrected chi connectivity index (χ1v) is 11.2. The Morgan fingerprint density at radius 1 is 1.28 bits per heavy atom. The van der Waals surface area contributed by atoms with E-state index in [-0.39, 0.29) is 11.7 Å². The molecule has 1 fully saturated rings. The van der Waals surface area contributed by atoms with Crippen molar-refractivity contribution in [3.05, 3.63) is 40.5 Å². The quantitative estimate of drug-likeness (QED) is 0.498. The number of carbonyl (C=O) groups is 1. The molecular weight excluding hydrogens is 408 g/mol. The van der Waals surface area contributed by atoms with Gasteiger partial charge in [-0.2, -0.15) is 0 Å². The molecule has 1 aliphatic carbocycles. The van der Waals surface area contributed by atoms with Crippen molar-refractivity contribution >= 4 is 29.0 Å². The lowest BCUT2D eigenvalue weighted by molar-refractivity contribution is -0.129. The molecule has 0 bridgehead atoms. The van der Waals surface area contributed by atoms with E-state index in [1.165, 1.54) is 23.1 Å². The maximum absolute atomic E-state index is 12.8. The van der Waals surface area contributed by atoms with Gasteiger partial charge in [0, 0.05) is 12.6 Å². The third-order valence-electron chi connectivity index (χ3n) is 4.64. The van der Waals surface area contributed by atoms with Crippen LogP contribution in [-0.2, 0) is 11.3 Å². The maximum Gasteiger partial charge on any atom is 0.277 e. The Balaban J connectivity index is 1.38. The first-order chi connectivity index (χ1) is 14.0. The first-order valence-electron chi connectivity index (χ1n) is 9.36. The molecule has 7 nitrogen and oxygen atoms in total. The highest BCUT2D eigenvalue weighted by Gasteiger charge is 2.32. The summed E-state index contributed by atoms with van der Waals surface area (Å²) < 4.78 is 10.9. The SMILES string of the molecule is COc1ccc(CN(C(=O)CSc2nnc(-c3sc(C)nc3C)o2)C2CC2)cc1. The number of thioether (sulfide) groups is 1. The van der Waals surface area contributed by atoms with Crippen molar-refractivity contribution in [1.29, 1.82) is 0 Å². The molecule has 0 aliphatic heterocycles. The lowest BCUT2D eigenvalue weighted by Crippen LogP contribution is -2.33. The number of rotatable bonds is 8. The van der Waals surface area contributed by atoms with Crippen molar-refractivity contribution in [3.63, 3.8) is 0 Å². The Kier molecular flexibility index (Phi) is 5.86. The molecular formula is C20H22N4O3S2. The molecule has 0 N–H and O–H groups in total. The van der Waals surface area contributed by atoms with Crippen molar-refractivity contribution in [3.8, 4) is 16.5 Å². The number of thiazole rings is 1. The zero-order valence-corrected chi connectivity index (χ0v) is 18.2. The second-order valence-electron chi connectivity index (χ2n) is 6.91. The number of amides is 1. The topological polar surface area (TPSA) is 81.4 Å². The van der Waals surface area contributed by atoms with Crippen LogP contribution < -0.4 is 4.74 Å². The van der Waals surface area contributed by atoms with Crippen molar-refractivity contribution in [2.45, 2.75) is 44.5 Å². The molecule has 0 unspecified atom stereocenters. The van der Waals surface area contributed by atoms with E-state index >= 15 is 0 Å². The van der Waals surface area contributed by atoms with Crippen LogP contribution in [0.1, 0.15) is 29.1 Å². The second kappa shape index (κ2) is 8.54. The number of carbonyl (C=O) groups excluding carboxylic acids is 1. The van der Waals surface area contributed by atoms with Crippen molar-refractivity contribution in [2.75, 3.05) is 12.9 Å². The summed E-state index contributed by atoms with van der Waals surface area (Å²) in [5.41, 5.74) is 1.97. The Morgan fingerprint density at radius 3 is 2.66 bits per heavy atom. The Morgan fingerprint density at radius 2 is 2.03 bits per heavy atom. The van der Waals surface area contributed by atoms with Crippen LogP contribution in [0.15, 0.2) is 33.9 Å². The minimum absolute atomic E-state index is 0.0814. The molecule has 1 aliphatic rings. The third kappa shape index (κ3) is 4.79. The maximum atomic E-state index is 12.8. The van der Waals surface area contributed by atoms with Crippen LogP contribution >= 0.6 is 23.1 Å². The van der Waals surface area contributed by atoms with Gasteiger partial charge in [0.05, 0.1) is 23.6 Å². The van der Waals surface area contributed by atoms with Gasteiger partial charge in [-0.15, -0.1) is 21.5 Å². The van der Waals surface area contributed by atoms with E-state index in [4.69, 9.17) is 9.15 Å². The van der Waals surface area contributed by atoms with Gasteiger partial charge in [0.1, 0.15) is 10.6 Å². The minimum atomic E-state index is 0.0814. The van der Waals surface area contributed by atoms with Gasteiger partial charge in [0.25, 0.3) is 11.1 Å². The number of hydrogen-bond donors (Lipinski definition) is 0. The molecule has 29 heavy (non-hydrogen) atoms. The van der Waals surface area contributed by atoms with Gasteiger partial charge in [0.15, 0.2) is 0 Å². The predicted octanol–water partition coefficient (Wildman–Crippen LogP) is 4.10. The van der Waals surface area contributed by atoms with Crippen molar-refractivity contribution in [1.82, 2.24) is 20.1 Å². The van der Waals surface area contributed by atoms with Crippen LogP contribution in [0.5, 0.6) is 5.75 Å². The van der Waals surface area contributed by atoms with Crippen molar-refractivity contribution < 1.29 is 13.9 Å². The fraction of sp³-hybridized carbons (Fsp3) is 0.400. The van der Waals surface area contributed by atoms with E-state index in [9.17, 15) is 4.79 Å². The molecule has 0 radical (unpaired) electrons. The van der Waals surface area contributed by atoms with E-state index in [1.54, 1.807) is 7.11 Å². The molecule has 0 spiro atoms. The smallest absolute Gasteiger partial charge is 0.277 e. The van der Waals surface area contributed by atoms with Crippen LogP contribution in [0.25, 0.3) is 10.8 Å². The molecule has 1 saturated carbocycles. The summed E-state index contributed by atoms with van der Waals surface area (Å²) >= 11 is 2.80. The summed E-state index contributed by atoms with van der Waals surface area (Å²) in [4.78, 5) is 20.1. The standard InChI is InChI=1S/C20H22N4O3S2/c1-12-18(29-13(2)21-12)19-22-23-20(27-19)28-11-17(25)24(15-6-7-15)10-14-4-8-16(26-3)9-5-14/h4-5,8-9,15H,6-7,10-11H2,1-3H3. The first kappa shape index (κ1) is 19.9. The summed E-state index contributed by atoms with van der Waals surface area (Å²) in [6.45, 7) is 4.47. The summed E-state index contributed by atoms with van der Waals surface area (Å²) in [6.07, 6.45) is 2.11. The highest BCUT2D eigenvalue weighted by molar-refractivity contribution is 7.99. The molecule has 4 rings (SSSR count). The van der Waals surface area contributed by atoms with E-state index in [0.717, 1.165) is 39.7 Å². The molecule has 0 atom stereocenters. The van der Waals surface area contributed by atoms with Crippen LogP contribution in [0.4, 0.5) is 0 Å². The summed E-state index contributed by atoms with van der Waals surface area (Å²) in [5.74, 6) is 1.63. The van der Waals surface area contributed by atoms with Gasteiger partial charge in [-0.1, -0.05) is 23.9 Å². The number of aryl methyl sites for hydroxylation is 2. The number of ether oxygens (including phenoxy) is 1. The third-order valence-corrected chi connectivity index (χ3v) is 6.51. The summed E-state index contributed by atoms with van der Waals surface area (Å²) in [7, 11) is 1.65. The molecule has 2 aromatic heterocycles. The highest BCUT2D eigenvalue weighted by atomic mass is 32.2. The Bertz CT molecular complexity index is 996. The molecule has 1 amide bonds. The average molecular weight is 431 g/mol. The lowest BCUT2D eigenvalue weighted by Gasteiger charge is -2.22. The fourth-order valence-electron chi connectivity index (χ4n) is 3.03. The number of benzene rings is 1. The van der Waals surface area contributed by atoms with E-state index < -0.39 is 0 Å². The van der Waals surface area contributed by atoms with E-state index in [1.807, 2.05) is 43.0 Å².